The molecule has 1 unspecified atom stereocenters. The minimum Gasteiger partial charge on any atom is -0.361 e. The fourth-order valence-electron chi connectivity index (χ4n) is 2.23. The Balaban J connectivity index is 1.92. The molecule has 0 aromatic carbocycles. The summed E-state index contributed by atoms with van der Waals surface area (Å²) in [7, 11) is 0. The number of alkyl halides is 2. The first-order valence-corrected chi connectivity index (χ1v) is 6.58. The molecule has 108 valence electrons. The van der Waals surface area contributed by atoms with E-state index in [2.05, 4.69) is 15.2 Å². The van der Waals surface area contributed by atoms with Crippen LogP contribution in [-0.4, -0.2) is 34.7 Å². The number of carbonyl (C=O) groups is 1. The lowest BCUT2D eigenvalue weighted by Gasteiger charge is -2.31. The van der Waals surface area contributed by atoms with Gasteiger partial charge in [0.2, 0.25) is 0 Å². The smallest absolute Gasteiger partial charge is 0.272 e. The van der Waals surface area contributed by atoms with Gasteiger partial charge in [-0.25, -0.2) is 4.39 Å². The van der Waals surface area contributed by atoms with E-state index in [0.717, 1.165) is 5.69 Å². The fraction of sp³-hybridized carbons (Fsp3) is 0.636. The second-order valence-corrected chi connectivity index (χ2v) is 4.89. The van der Waals surface area contributed by atoms with E-state index in [-0.39, 0.29) is 12.5 Å². The lowest BCUT2D eigenvalue weighted by Crippen LogP contribution is -2.40. The number of hydrogen-bond acceptors (Lipinski definition) is 4. The van der Waals surface area contributed by atoms with E-state index in [1.807, 2.05) is 0 Å². The van der Waals surface area contributed by atoms with Crippen LogP contribution in [0.4, 0.5) is 4.39 Å². The molecule has 1 aliphatic rings. The van der Waals surface area contributed by atoms with Crippen LogP contribution in [-0.2, 0) is 11.3 Å². The zero-order valence-corrected chi connectivity index (χ0v) is 11.3. The summed E-state index contributed by atoms with van der Waals surface area (Å²) < 4.78 is 17.8. The maximum absolute atomic E-state index is 12.7. The van der Waals surface area contributed by atoms with Gasteiger partial charge in [0, 0.05) is 30.0 Å². The number of piperidine rings is 1. The maximum Gasteiger partial charge on any atom is 0.272 e. The minimum atomic E-state index is -1.98. The Bertz CT molecular complexity index is 521. The van der Waals surface area contributed by atoms with Gasteiger partial charge in [-0.2, -0.15) is 0 Å². The minimum absolute atomic E-state index is 0.122. The fourth-order valence-corrected chi connectivity index (χ4v) is 2.37. The van der Waals surface area contributed by atoms with Gasteiger partial charge in [-0.3, -0.25) is 4.79 Å². The number of likely N-dealkylation sites (tertiary alicyclic amines) is 1. The number of carbonyl (C=O) groups excluding carboxylic acids is 1. The van der Waals surface area contributed by atoms with E-state index in [1.54, 1.807) is 6.07 Å². The topological polar surface area (TPSA) is 95.1 Å². The quantitative estimate of drug-likeness (QED) is 0.370. The molecule has 2 heterocycles. The highest BCUT2D eigenvalue weighted by Gasteiger charge is 2.28. The summed E-state index contributed by atoms with van der Waals surface area (Å²) in [6.07, 6.45) is 1.34. The van der Waals surface area contributed by atoms with Crippen molar-refractivity contribution in [2.75, 3.05) is 13.1 Å². The first-order chi connectivity index (χ1) is 9.61. The van der Waals surface area contributed by atoms with Crippen molar-refractivity contribution in [3.8, 4) is 0 Å². The summed E-state index contributed by atoms with van der Waals surface area (Å²) >= 11 is 5.14. The van der Waals surface area contributed by atoms with Gasteiger partial charge in [0.1, 0.15) is 5.76 Å². The highest BCUT2D eigenvalue weighted by molar-refractivity contribution is 6.29. The summed E-state index contributed by atoms with van der Waals surface area (Å²) in [4.78, 5) is 15.5. The van der Waals surface area contributed by atoms with Crippen LogP contribution < -0.4 is 0 Å². The Labute approximate surface area is 119 Å². The van der Waals surface area contributed by atoms with Crippen molar-refractivity contribution in [1.29, 1.82) is 0 Å². The summed E-state index contributed by atoms with van der Waals surface area (Å²) in [6.45, 7) is 1.00. The van der Waals surface area contributed by atoms with Gasteiger partial charge in [0.15, 0.2) is 0 Å². The molecule has 1 atom stereocenters. The van der Waals surface area contributed by atoms with Crippen LogP contribution in [0.15, 0.2) is 15.7 Å². The molecule has 0 spiro atoms. The maximum atomic E-state index is 12.7. The van der Waals surface area contributed by atoms with Crippen molar-refractivity contribution in [2.24, 2.45) is 5.11 Å². The normalized spacial score (nSPS) is 17.6. The van der Waals surface area contributed by atoms with E-state index in [0.29, 0.717) is 31.7 Å². The Morgan fingerprint density at radius 3 is 3.00 bits per heavy atom. The van der Waals surface area contributed by atoms with Crippen molar-refractivity contribution in [3.05, 3.63) is 28.0 Å². The second-order valence-electron chi connectivity index (χ2n) is 4.51. The van der Waals surface area contributed by atoms with Crippen molar-refractivity contribution in [1.82, 2.24) is 10.1 Å². The molecule has 1 saturated heterocycles. The van der Waals surface area contributed by atoms with Crippen molar-refractivity contribution >= 4 is 17.5 Å². The summed E-state index contributed by atoms with van der Waals surface area (Å²) in [5.74, 6) is -0.0359. The van der Waals surface area contributed by atoms with E-state index >= 15 is 0 Å². The van der Waals surface area contributed by atoms with Crippen molar-refractivity contribution in [3.63, 3.8) is 0 Å². The van der Waals surface area contributed by atoms with E-state index in [9.17, 15) is 9.18 Å². The van der Waals surface area contributed by atoms with Crippen molar-refractivity contribution in [2.45, 2.75) is 30.9 Å². The van der Waals surface area contributed by atoms with Gasteiger partial charge in [-0.15, -0.1) is 0 Å². The molecule has 1 aliphatic heterocycles. The third kappa shape index (κ3) is 3.40. The number of nitrogens with zero attached hydrogens (tertiary/aromatic N) is 5. The molecular weight excluding hydrogens is 289 g/mol. The molecule has 1 aromatic heterocycles. The van der Waals surface area contributed by atoms with Crippen LogP contribution in [0.25, 0.3) is 10.4 Å². The molecule has 0 saturated carbocycles. The molecular formula is C11H13ClFN5O2. The number of halogens is 2. The molecule has 1 aromatic rings. The van der Waals surface area contributed by atoms with Crippen LogP contribution >= 0.6 is 11.6 Å². The Kier molecular flexibility index (Phi) is 4.81. The first-order valence-electron chi connectivity index (χ1n) is 6.15. The molecule has 20 heavy (non-hydrogen) atoms. The Morgan fingerprint density at radius 2 is 2.40 bits per heavy atom. The van der Waals surface area contributed by atoms with Gasteiger partial charge in [-0.1, -0.05) is 21.9 Å². The zero-order valence-electron chi connectivity index (χ0n) is 10.6. The Hall–Kier alpha value is -1.79. The molecule has 2 rings (SSSR count). The van der Waals surface area contributed by atoms with Crippen LogP contribution in [0, 0.1) is 0 Å². The SMILES string of the molecule is [N-]=[N+]=NCc1cc(C2CCN(C(=O)C(F)Cl)CC2)no1. The van der Waals surface area contributed by atoms with Gasteiger partial charge in [0.05, 0.1) is 12.2 Å². The standard InChI is InChI=1S/C11H13ClFN5O2/c12-10(13)11(19)18-3-1-7(2-4-18)9-5-8(20-16-9)6-15-17-14/h5,7,10H,1-4,6H2. The predicted molar refractivity (Wildman–Crippen MR) is 68.7 cm³/mol. The highest BCUT2D eigenvalue weighted by atomic mass is 35.5. The molecule has 0 aliphatic carbocycles. The van der Waals surface area contributed by atoms with Gasteiger partial charge >= 0.3 is 0 Å². The summed E-state index contributed by atoms with van der Waals surface area (Å²) in [5.41, 5.74) is 7.02. The number of amides is 1. The number of rotatable bonds is 4. The monoisotopic (exact) mass is 301 g/mol. The summed E-state index contributed by atoms with van der Waals surface area (Å²) in [5, 5.41) is 7.33. The predicted octanol–water partition coefficient (Wildman–Crippen LogP) is 2.73. The van der Waals surface area contributed by atoms with Crippen LogP contribution in [0.2, 0.25) is 0 Å². The van der Waals surface area contributed by atoms with Crippen LogP contribution in [0.1, 0.15) is 30.2 Å². The first kappa shape index (κ1) is 14.6. The molecule has 1 amide bonds. The average molecular weight is 302 g/mol. The second kappa shape index (κ2) is 6.58. The third-order valence-corrected chi connectivity index (χ3v) is 3.47. The molecule has 0 N–H and O–H groups in total. The zero-order chi connectivity index (χ0) is 14.5. The molecule has 7 nitrogen and oxygen atoms in total. The number of aromatic nitrogens is 1. The largest absolute Gasteiger partial charge is 0.361 e. The van der Waals surface area contributed by atoms with Crippen molar-refractivity contribution < 1.29 is 13.7 Å². The average Bonchev–Trinajstić information content (AvgIpc) is 2.93. The van der Waals surface area contributed by atoms with E-state index in [4.69, 9.17) is 21.7 Å². The summed E-state index contributed by atoms with van der Waals surface area (Å²) in [6, 6.07) is 1.75. The molecule has 1 fully saturated rings. The van der Waals surface area contributed by atoms with Gasteiger partial charge < -0.3 is 9.42 Å². The van der Waals surface area contributed by atoms with Gasteiger partial charge in [-0.05, 0) is 18.4 Å². The van der Waals surface area contributed by atoms with E-state index in [1.165, 1.54) is 4.90 Å². The van der Waals surface area contributed by atoms with Gasteiger partial charge in [0.25, 0.3) is 11.5 Å². The molecule has 0 bridgehead atoms. The van der Waals surface area contributed by atoms with Crippen LogP contribution in [0.3, 0.4) is 0 Å². The Morgan fingerprint density at radius 1 is 1.70 bits per heavy atom. The molecule has 9 heteroatoms. The highest BCUT2D eigenvalue weighted by Crippen LogP contribution is 2.28. The van der Waals surface area contributed by atoms with Crippen LogP contribution in [0.5, 0.6) is 0 Å². The lowest BCUT2D eigenvalue weighted by molar-refractivity contribution is -0.134. The molecule has 0 radical (unpaired) electrons. The van der Waals surface area contributed by atoms with E-state index < -0.39 is 11.5 Å². The third-order valence-electron chi connectivity index (χ3n) is 3.28. The lowest BCUT2D eigenvalue weighted by atomic mass is 9.93. The number of azide groups is 1. The number of hydrogen-bond donors (Lipinski definition) is 0.